The van der Waals surface area contributed by atoms with Gasteiger partial charge in [-0.3, -0.25) is 4.79 Å². The van der Waals surface area contributed by atoms with Crippen molar-refractivity contribution in [2.24, 2.45) is 5.41 Å². The van der Waals surface area contributed by atoms with Crippen LogP contribution in [-0.2, 0) is 14.3 Å². The Morgan fingerprint density at radius 1 is 1.53 bits per heavy atom. The van der Waals surface area contributed by atoms with E-state index >= 15 is 0 Å². The molecule has 0 bridgehead atoms. The lowest BCUT2D eigenvalue weighted by atomic mass is 10.1. The summed E-state index contributed by atoms with van der Waals surface area (Å²) in [4.78, 5) is 21.7. The molecular weight excluding hydrogens is 203 g/mol. The molecule has 84 valence electrons. The van der Waals surface area contributed by atoms with Gasteiger partial charge in [-0.05, 0) is 25.3 Å². The van der Waals surface area contributed by atoms with E-state index < -0.39 is 23.2 Å². The number of carbonyl (C=O) groups is 2. The van der Waals surface area contributed by atoms with Crippen LogP contribution in [0.2, 0.25) is 0 Å². The minimum absolute atomic E-state index is 0.139. The molecule has 15 heavy (non-hydrogen) atoms. The van der Waals surface area contributed by atoms with Crippen LogP contribution in [0.3, 0.4) is 0 Å². The van der Waals surface area contributed by atoms with E-state index in [-0.39, 0.29) is 6.61 Å². The number of esters is 1. The maximum atomic E-state index is 13.1. The Morgan fingerprint density at radius 2 is 2.13 bits per heavy atom. The molecule has 0 heterocycles. The largest absolute Gasteiger partial charge is 0.481 e. The van der Waals surface area contributed by atoms with Gasteiger partial charge in [0.25, 0.3) is 0 Å². The fraction of sp³-hybridized carbons (Fsp3) is 0.600. The van der Waals surface area contributed by atoms with Crippen molar-refractivity contribution in [2.75, 3.05) is 6.61 Å². The maximum Gasteiger partial charge on any atom is 0.366 e. The molecule has 0 aromatic carbocycles. The smallest absolute Gasteiger partial charge is 0.366 e. The number of aliphatic carboxylic acids is 1. The SMILES string of the molecule is CCCOC(=O)C(F)=CC1(C(=O)O)CC1. The monoisotopic (exact) mass is 216 g/mol. The highest BCUT2D eigenvalue weighted by Gasteiger charge is 2.49. The molecule has 0 radical (unpaired) electrons. The van der Waals surface area contributed by atoms with E-state index in [1.807, 2.05) is 0 Å². The third-order valence-corrected chi connectivity index (χ3v) is 2.25. The summed E-state index contributed by atoms with van der Waals surface area (Å²) in [7, 11) is 0. The number of ether oxygens (including phenoxy) is 1. The molecule has 0 saturated heterocycles. The van der Waals surface area contributed by atoms with Crippen molar-refractivity contribution in [3.8, 4) is 0 Å². The normalized spacial score (nSPS) is 18.4. The predicted octanol–water partition coefficient (Wildman–Crippen LogP) is 1.66. The van der Waals surface area contributed by atoms with Gasteiger partial charge in [-0.2, -0.15) is 4.39 Å². The molecule has 1 N–H and O–H groups in total. The van der Waals surface area contributed by atoms with E-state index in [9.17, 15) is 14.0 Å². The lowest BCUT2D eigenvalue weighted by molar-refractivity contribution is -0.141. The third kappa shape index (κ3) is 2.78. The van der Waals surface area contributed by atoms with Crippen LogP contribution in [0.4, 0.5) is 4.39 Å². The van der Waals surface area contributed by atoms with E-state index in [4.69, 9.17) is 5.11 Å². The number of rotatable bonds is 5. The summed E-state index contributed by atoms with van der Waals surface area (Å²) < 4.78 is 17.7. The number of carboxylic acid groups (broad SMARTS) is 1. The van der Waals surface area contributed by atoms with Gasteiger partial charge in [0.05, 0.1) is 12.0 Å². The molecule has 0 aliphatic heterocycles. The quantitative estimate of drug-likeness (QED) is 0.560. The topological polar surface area (TPSA) is 63.6 Å². The van der Waals surface area contributed by atoms with Gasteiger partial charge in [0.2, 0.25) is 5.83 Å². The Hall–Kier alpha value is -1.39. The number of carboxylic acids is 1. The maximum absolute atomic E-state index is 13.1. The van der Waals surface area contributed by atoms with Gasteiger partial charge >= 0.3 is 11.9 Å². The van der Waals surface area contributed by atoms with Gasteiger partial charge in [-0.25, -0.2) is 4.79 Å². The van der Waals surface area contributed by atoms with Crippen molar-refractivity contribution in [3.63, 3.8) is 0 Å². The lowest BCUT2D eigenvalue weighted by Crippen LogP contribution is -2.14. The molecule has 1 fully saturated rings. The van der Waals surface area contributed by atoms with Crippen LogP contribution < -0.4 is 0 Å². The van der Waals surface area contributed by atoms with Gasteiger partial charge < -0.3 is 9.84 Å². The molecule has 1 aliphatic carbocycles. The molecule has 1 saturated carbocycles. The van der Waals surface area contributed by atoms with E-state index in [1.54, 1.807) is 6.92 Å². The first-order valence-electron chi connectivity index (χ1n) is 4.81. The average Bonchev–Trinajstić information content (AvgIpc) is 2.95. The molecule has 1 rings (SSSR count). The number of hydrogen-bond donors (Lipinski definition) is 1. The minimum atomic E-state index is -1.17. The summed E-state index contributed by atoms with van der Waals surface area (Å²) in [5.74, 6) is -3.28. The first-order valence-corrected chi connectivity index (χ1v) is 4.81. The Morgan fingerprint density at radius 3 is 2.53 bits per heavy atom. The van der Waals surface area contributed by atoms with Gasteiger partial charge in [-0.1, -0.05) is 6.92 Å². The number of carbonyl (C=O) groups excluding carboxylic acids is 1. The molecule has 0 aromatic rings. The summed E-state index contributed by atoms with van der Waals surface area (Å²) >= 11 is 0. The Bertz CT molecular complexity index is 305. The highest BCUT2D eigenvalue weighted by Crippen LogP contribution is 2.48. The molecule has 0 amide bonds. The van der Waals surface area contributed by atoms with Gasteiger partial charge in [0.15, 0.2) is 0 Å². The standard InChI is InChI=1S/C10H13FO4/c1-2-5-15-8(12)7(11)6-10(3-4-10)9(13)14/h6H,2-5H2,1H3,(H,13,14). The van der Waals surface area contributed by atoms with E-state index in [2.05, 4.69) is 4.74 Å². The fourth-order valence-electron chi connectivity index (χ4n) is 1.12. The average molecular weight is 216 g/mol. The summed E-state index contributed by atoms with van der Waals surface area (Å²) in [5, 5.41) is 8.75. The van der Waals surface area contributed by atoms with Crippen LogP contribution in [0.1, 0.15) is 26.2 Å². The number of halogens is 1. The van der Waals surface area contributed by atoms with Crippen molar-refractivity contribution in [3.05, 3.63) is 11.9 Å². The van der Waals surface area contributed by atoms with E-state index in [0.29, 0.717) is 19.3 Å². The van der Waals surface area contributed by atoms with Crippen LogP contribution in [0, 0.1) is 5.41 Å². The van der Waals surface area contributed by atoms with Gasteiger partial charge in [0.1, 0.15) is 0 Å². The summed E-state index contributed by atoms with van der Waals surface area (Å²) in [6.07, 6.45) is 2.20. The zero-order valence-electron chi connectivity index (χ0n) is 8.46. The van der Waals surface area contributed by atoms with Crippen LogP contribution in [-0.4, -0.2) is 23.7 Å². The van der Waals surface area contributed by atoms with Crippen molar-refractivity contribution < 1.29 is 23.8 Å². The first-order chi connectivity index (χ1) is 7.02. The highest BCUT2D eigenvalue weighted by atomic mass is 19.1. The van der Waals surface area contributed by atoms with Crippen LogP contribution >= 0.6 is 0 Å². The Balaban J connectivity index is 2.59. The van der Waals surface area contributed by atoms with Crippen LogP contribution in [0.15, 0.2) is 11.9 Å². The van der Waals surface area contributed by atoms with Crippen molar-refractivity contribution >= 4 is 11.9 Å². The van der Waals surface area contributed by atoms with E-state index in [1.165, 1.54) is 0 Å². The molecule has 4 nitrogen and oxygen atoms in total. The third-order valence-electron chi connectivity index (χ3n) is 2.25. The molecule has 1 aliphatic rings. The molecule has 0 unspecified atom stereocenters. The second kappa shape index (κ2) is 4.42. The zero-order valence-corrected chi connectivity index (χ0v) is 8.46. The zero-order chi connectivity index (χ0) is 11.5. The summed E-state index contributed by atoms with van der Waals surface area (Å²) in [5.41, 5.74) is -1.17. The summed E-state index contributed by atoms with van der Waals surface area (Å²) in [6.45, 7) is 1.93. The second-order valence-corrected chi connectivity index (χ2v) is 3.59. The Kier molecular flexibility index (Phi) is 3.44. The van der Waals surface area contributed by atoms with Crippen molar-refractivity contribution in [1.29, 1.82) is 0 Å². The van der Waals surface area contributed by atoms with E-state index in [0.717, 1.165) is 6.08 Å². The predicted molar refractivity (Wildman–Crippen MR) is 49.7 cm³/mol. The second-order valence-electron chi connectivity index (χ2n) is 3.59. The van der Waals surface area contributed by atoms with Crippen molar-refractivity contribution in [2.45, 2.75) is 26.2 Å². The van der Waals surface area contributed by atoms with Crippen LogP contribution in [0.25, 0.3) is 0 Å². The van der Waals surface area contributed by atoms with Crippen LogP contribution in [0.5, 0.6) is 0 Å². The minimum Gasteiger partial charge on any atom is -0.481 e. The summed E-state index contributed by atoms with van der Waals surface area (Å²) in [6, 6.07) is 0. The lowest BCUT2D eigenvalue weighted by Gasteiger charge is -2.04. The first kappa shape index (κ1) is 11.7. The Labute approximate surface area is 86.7 Å². The molecule has 0 aromatic heterocycles. The number of hydrogen-bond acceptors (Lipinski definition) is 3. The van der Waals surface area contributed by atoms with Crippen molar-refractivity contribution in [1.82, 2.24) is 0 Å². The molecular formula is C10H13FO4. The fourth-order valence-corrected chi connectivity index (χ4v) is 1.12. The molecule has 0 spiro atoms. The molecule has 0 atom stereocenters. The molecule has 5 heteroatoms. The highest BCUT2D eigenvalue weighted by molar-refractivity contribution is 5.89. The van der Waals surface area contributed by atoms with Gasteiger partial charge in [0, 0.05) is 0 Å². The van der Waals surface area contributed by atoms with Gasteiger partial charge in [-0.15, -0.1) is 0 Å².